The van der Waals surface area contributed by atoms with Crippen molar-refractivity contribution in [1.82, 2.24) is 14.5 Å². The minimum absolute atomic E-state index is 0.104. The lowest BCUT2D eigenvalue weighted by atomic mass is 10.2. The maximum Gasteiger partial charge on any atom is 0.268 e. The van der Waals surface area contributed by atoms with Crippen molar-refractivity contribution < 1.29 is 17.6 Å². The van der Waals surface area contributed by atoms with Crippen LogP contribution in [0, 0.1) is 19.7 Å². The highest BCUT2D eigenvalue weighted by Gasteiger charge is 2.22. The van der Waals surface area contributed by atoms with Crippen LogP contribution in [0.2, 0.25) is 5.02 Å². The van der Waals surface area contributed by atoms with E-state index in [0.29, 0.717) is 16.4 Å². The Morgan fingerprint density at radius 3 is 2.44 bits per heavy atom. The van der Waals surface area contributed by atoms with Gasteiger partial charge in [0.15, 0.2) is 0 Å². The van der Waals surface area contributed by atoms with Gasteiger partial charge in [0.05, 0.1) is 21.8 Å². The van der Waals surface area contributed by atoms with Crippen molar-refractivity contribution in [2.75, 3.05) is 0 Å². The third-order valence-electron chi connectivity index (χ3n) is 3.90. The number of amides is 1. The molecule has 0 aliphatic heterocycles. The average molecular weight is 408 g/mol. The van der Waals surface area contributed by atoms with Gasteiger partial charge in [-0.2, -0.15) is 5.10 Å². The molecule has 27 heavy (non-hydrogen) atoms. The molecule has 0 saturated carbocycles. The van der Waals surface area contributed by atoms with Crippen LogP contribution in [0.4, 0.5) is 4.39 Å². The van der Waals surface area contributed by atoms with Crippen LogP contribution in [0.5, 0.6) is 0 Å². The number of benzene rings is 2. The third-order valence-corrected chi connectivity index (χ3v) is 5.48. The van der Waals surface area contributed by atoms with Crippen LogP contribution in [0.1, 0.15) is 21.6 Å². The normalized spacial score (nSPS) is 11.4. The van der Waals surface area contributed by atoms with E-state index in [1.165, 1.54) is 17.8 Å². The summed E-state index contributed by atoms with van der Waals surface area (Å²) in [6.45, 7) is 3.03. The van der Waals surface area contributed by atoms with Crippen LogP contribution >= 0.6 is 11.6 Å². The molecule has 140 valence electrons. The molecule has 0 aliphatic rings. The average Bonchev–Trinajstić information content (AvgIpc) is 2.99. The number of carbonyl (C=O) groups is 1. The van der Waals surface area contributed by atoms with Gasteiger partial charge in [0.2, 0.25) is 0 Å². The van der Waals surface area contributed by atoms with Crippen molar-refractivity contribution in [2.24, 2.45) is 0 Å². The van der Waals surface area contributed by atoms with Crippen molar-refractivity contribution in [1.29, 1.82) is 0 Å². The molecule has 0 radical (unpaired) electrons. The fraction of sp³-hybridized carbons (Fsp3) is 0.111. The highest BCUT2D eigenvalue weighted by atomic mass is 35.5. The van der Waals surface area contributed by atoms with E-state index < -0.39 is 21.7 Å². The van der Waals surface area contributed by atoms with Gasteiger partial charge < -0.3 is 0 Å². The second kappa shape index (κ2) is 7.13. The molecule has 3 rings (SSSR count). The molecule has 0 aliphatic carbocycles. The minimum atomic E-state index is -4.15. The Balaban J connectivity index is 1.87. The summed E-state index contributed by atoms with van der Waals surface area (Å²) in [5.74, 6) is -1.35. The molecule has 6 nitrogen and oxygen atoms in total. The zero-order valence-corrected chi connectivity index (χ0v) is 16.0. The number of aromatic nitrogens is 2. The van der Waals surface area contributed by atoms with Gasteiger partial charge in [-0.05, 0) is 61.9 Å². The second-order valence-corrected chi connectivity index (χ2v) is 8.01. The molecule has 1 aromatic heterocycles. The highest BCUT2D eigenvalue weighted by molar-refractivity contribution is 7.90. The van der Waals surface area contributed by atoms with Crippen LogP contribution < -0.4 is 4.72 Å². The largest absolute Gasteiger partial charge is 0.268 e. The summed E-state index contributed by atoms with van der Waals surface area (Å²) in [7, 11) is -4.15. The number of aryl methyl sites for hydroxylation is 2. The molecular weight excluding hydrogens is 393 g/mol. The Morgan fingerprint density at radius 2 is 1.81 bits per heavy atom. The van der Waals surface area contributed by atoms with Gasteiger partial charge in [-0.25, -0.2) is 22.2 Å². The number of hydrogen-bond acceptors (Lipinski definition) is 4. The second-order valence-electron chi connectivity index (χ2n) is 5.89. The van der Waals surface area contributed by atoms with Crippen molar-refractivity contribution >= 4 is 27.5 Å². The van der Waals surface area contributed by atoms with Gasteiger partial charge in [0.1, 0.15) is 5.82 Å². The maximum absolute atomic E-state index is 13.4. The molecule has 0 atom stereocenters. The zero-order chi connectivity index (χ0) is 19.8. The number of rotatable bonds is 4. The van der Waals surface area contributed by atoms with Crippen LogP contribution in [0.3, 0.4) is 0 Å². The van der Waals surface area contributed by atoms with Crippen molar-refractivity contribution in [3.63, 3.8) is 0 Å². The smallest absolute Gasteiger partial charge is 0.268 e. The van der Waals surface area contributed by atoms with Crippen molar-refractivity contribution in [2.45, 2.75) is 18.7 Å². The Labute approximate surface area is 160 Å². The lowest BCUT2D eigenvalue weighted by Gasteiger charge is -2.07. The lowest BCUT2D eigenvalue weighted by molar-refractivity contribution is 0.0981. The summed E-state index contributed by atoms with van der Waals surface area (Å²) in [5.41, 5.74) is 1.29. The van der Waals surface area contributed by atoms with Crippen molar-refractivity contribution in [3.8, 4) is 5.69 Å². The summed E-state index contributed by atoms with van der Waals surface area (Å²) in [6, 6.07) is 10.1. The molecule has 0 bridgehead atoms. The predicted octanol–water partition coefficient (Wildman–Crippen LogP) is 3.40. The number of nitrogens with one attached hydrogen (secondary N) is 1. The number of carbonyl (C=O) groups excluding carboxylic acids is 1. The molecule has 2 aromatic carbocycles. The van der Waals surface area contributed by atoms with E-state index in [1.807, 2.05) is 4.72 Å². The van der Waals surface area contributed by atoms with E-state index in [0.717, 1.165) is 18.2 Å². The van der Waals surface area contributed by atoms with Gasteiger partial charge >= 0.3 is 0 Å². The van der Waals surface area contributed by atoms with Gasteiger partial charge in [-0.3, -0.25) is 4.79 Å². The molecule has 1 heterocycles. The monoisotopic (exact) mass is 407 g/mol. The first-order valence-corrected chi connectivity index (χ1v) is 9.69. The van der Waals surface area contributed by atoms with Gasteiger partial charge in [0, 0.05) is 11.2 Å². The molecule has 1 N–H and O–H groups in total. The Kier molecular flexibility index (Phi) is 5.03. The van der Waals surface area contributed by atoms with Crippen LogP contribution in [0.25, 0.3) is 5.69 Å². The van der Waals surface area contributed by atoms with Crippen LogP contribution in [0.15, 0.2) is 53.6 Å². The summed E-state index contributed by atoms with van der Waals surface area (Å²) in [4.78, 5) is 12.3. The summed E-state index contributed by atoms with van der Waals surface area (Å²) < 4.78 is 41.6. The first-order chi connectivity index (χ1) is 12.7. The quantitative estimate of drug-likeness (QED) is 0.718. The Hall–Kier alpha value is -2.71. The maximum atomic E-state index is 13.4. The molecule has 0 fully saturated rings. The molecule has 3 aromatic rings. The SMILES string of the molecule is Cc1cc(S(=O)(=O)NC(=O)c2cn(-c3ccc(Cl)cc3)nc2C)ccc1F. The Morgan fingerprint density at radius 1 is 1.15 bits per heavy atom. The third kappa shape index (κ3) is 4.01. The van der Waals surface area contributed by atoms with Gasteiger partial charge in [-0.1, -0.05) is 11.6 Å². The summed E-state index contributed by atoms with van der Waals surface area (Å²) in [5, 5.41) is 4.79. The van der Waals surface area contributed by atoms with Crippen LogP contribution in [-0.4, -0.2) is 24.1 Å². The fourth-order valence-corrected chi connectivity index (χ4v) is 3.61. The lowest BCUT2D eigenvalue weighted by Crippen LogP contribution is -2.30. The van der Waals surface area contributed by atoms with Gasteiger partial charge in [-0.15, -0.1) is 0 Å². The molecule has 0 unspecified atom stereocenters. The standard InChI is InChI=1S/C18H15ClFN3O3S/c1-11-9-15(7-8-17(11)20)27(25,26)22-18(24)16-10-23(21-12(16)2)14-5-3-13(19)4-6-14/h3-10H,1-2H3,(H,22,24). The first kappa shape index (κ1) is 19.1. The number of hydrogen-bond donors (Lipinski definition) is 1. The molecular formula is C18H15ClFN3O3S. The molecule has 0 saturated heterocycles. The molecule has 9 heteroatoms. The van der Waals surface area contributed by atoms with Crippen molar-refractivity contribution in [3.05, 3.63) is 76.3 Å². The molecule has 0 spiro atoms. The van der Waals surface area contributed by atoms with Gasteiger partial charge in [0.25, 0.3) is 15.9 Å². The predicted molar refractivity (Wildman–Crippen MR) is 99.1 cm³/mol. The summed E-state index contributed by atoms with van der Waals surface area (Å²) in [6.07, 6.45) is 1.43. The highest BCUT2D eigenvalue weighted by Crippen LogP contribution is 2.17. The van der Waals surface area contributed by atoms with E-state index in [4.69, 9.17) is 11.6 Å². The van der Waals surface area contributed by atoms with Crippen LogP contribution in [-0.2, 0) is 10.0 Å². The number of sulfonamides is 1. The van der Waals surface area contributed by atoms with E-state index >= 15 is 0 Å². The number of halogens is 2. The summed E-state index contributed by atoms with van der Waals surface area (Å²) >= 11 is 5.85. The zero-order valence-electron chi connectivity index (χ0n) is 14.4. The molecule has 1 amide bonds. The first-order valence-electron chi connectivity index (χ1n) is 7.83. The van der Waals surface area contributed by atoms with E-state index in [9.17, 15) is 17.6 Å². The van der Waals surface area contributed by atoms with E-state index in [1.54, 1.807) is 31.2 Å². The fourth-order valence-electron chi connectivity index (χ4n) is 2.43. The minimum Gasteiger partial charge on any atom is -0.268 e. The Bertz CT molecular complexity index is 1130. The van der Waals surface area contributed by atoms with E-state index in [-0.39, 0.29) is 16.0 Å². The topological polar surface area (TPSA) is 81.1 Å². The van der Waals surface area contributed by atoms with E-state index in [2.05, 4.69) is 5.10 Å². The number of nitrogens with zero attached hydrogens (tertiary/aromatic N) is 2.